The highest BCUT2D eigenvalue weighted by atomic mass is 16.3. The van der Waals surface area contributed by atoms with Crippen LogP contribution in [0.2, 0.25) is 0 Å². The average molecular weight is 398 g/mol. The molecule has 1 rings (SSSR count). The summed E-state index contributed by atoms with van der Waals surface area (Å²) in [5.41, 5.74) is 0.807. The van der Waals surface area contributed by atoms with E-state index in [1.807, 2.05) is 25.2 Å². The van der Waals surface area contributed by atoms with E-state index in [-0.39, 0.29) is 18.0 Å². The molecule has 1 unspecified atom stereocenters. The number of allylic oxidation sites excluding steroid dienone is 6. The zero-order valence-corrected chi connectivity index (χ0v) is 17.2. The zero-order valence-electron chi connectivity index (χ0n) is 17.2. The molecule has 0 aliphatic carbocycles. The maximum Gasteiger partial charge on any atom is 0.228 e. The summed E-state index contributed by atoms with van der Waals surface area (Å²) in [5, 5.41) is 11.8. The Balaban J connectivity index is 2.33. The average Bonchev–Trinajstić information content (AvgIpc) is 2.69. The highest BCUT2D eigenvalue weighted by Crippen LogP contribution is 2.12. The number of nitrogens with one attached hydrogen (secondary N) is 1. The number of rotatable bonds is 13. The molecule has 5 nitrogen and oxygen atoms in total. The van der Waals surface area contributed by atoms with Crippen LogP contribution in [0.15, 0.2) is 60.7 Å². The van der Waals surface area contributed by atoms with E-state index in [9.17, 15) is 19.5 Å². The van der Waals surface area contributed by atoms with Gasteiger partial charge in [-0.2, -0.15) is 0 Å². The van der Waals surface area contributed by atoms with Gasteiger partial charge in [0.25, 0.3) is 0 Å². The number of phenols is 1. The van der Waals surface area contributed by atoms with Crippen molar-refractivity contribution in [3.63, 3.8) is 0 Å². The molecule has 0 saturated carbocycles. The summed E-state index contributed by atoms with van der Waals surface area (Å²) in [6.45, 7) is 4.14. The molecule has 2 N–H and O–H groups in total. The lowest BCUT2D eigenvalue weighted by Gasteiger charge is -2.12. The minimum absolute atomic E-state index is 0.136. The van der Waals surface area contributed by atoms with Gasteiger partial charge in [-0.1, -0.05) is 49.4 Å². The number of hydrogen-bond donors (Lipinski definition) is 2. The van der Waals surface area contributed by atoms with Gasteiger partial charge in [0.05, 0.1) is 12.5 Å². The van der Waals surface area contributed by atoms with Gasteiger partial charge in [0.2, 0.25) is 5.91 Å². The number of ketones is 1. The van der Waals surface area contributed by atoms with Crippen molar-refractivity contribution in [2.75, 3.05) is 0 Å². The van der Waals surface area contributed by atoms with Gasteiger partial charge in [-0.3, -0.25) is 9.59 Å². The molecule has 0 radical (unpaired) electrons. The van der Waals surface area contributed by atoms with E-state index in [1.165, 1.54) is 18.2 Å². The Morgan fingerprint density at radius 2 is 1.86 bits per heavy atom. The number of aldehydes is 1. The smallest absolute Gasteiger partial charge is 0.228 e. The zero-order chi connectivity index (χ0) is 21.5. The predicted octanol–water partition coefficient (Wildman–Crippen LogP) is 4.07. The van der Waals surface area contributed by atoms with Gasteiger partial charge in [0, 0.05) is 0 Å². The monoisotopic (exact) mass is 397 g/mol. The summed E-state index contributed by atoms with van der Waals surface area (Å²) in [5.74, 6) is -0.0967. The molecule has 1 aromatic carbocycles. The van der Waals surface area contributed by atoms with Crippen LogP contribution in [0.25, 0.3) is 0 Å². The second-order valence-electron chi connectivity index (χ2n) is 7.10. The van der Waals surface area contributed by atoms with Crippen molar-refractivity contribution in [2.45, 2.75) is 52.0 Å². The molecular formula is C24H31NO4. The summed E-state index contributed by atoms with van der Waals surface area (Å²) in [4.78, 5) is 35.1. The summed E-state index contributed by atoms with van der Waals surface area (Å²) >= 11 is 0. The van der Waals surface area contributed by atoms with E-state index >= 15 is 0 Å². The van der Waals surface area contributed by atoms with Crippen molar-refractivity contribution >= 4 is 18.0 Å². The van der Waals surface area contributed by atoms with Gasteiger partial charge in [-0.15, -0.1) is 0 Å². The standard InChI is InChI=1S/C24H31NO4/c1-3-4-5-6-9-19(2)10-7-8-11-23(28)17-24(29)25-21(18-26)16-20-12-14-22(27)15-13-20/h3-6,8,11-15,18-19,21,27H,7,9-10,16-17H2,1-2H3,(H,25,29)/b4-3+,6-5+,11-8+/t19-,21?/m0/s1. The maximum atomic E-state index is 12.0. The Kier molecular flexibility index (Phi) is 11.7. The molecule has 1 amide bonds. The van der Waals surface area contributed by atoms with Crippen LogP contribution in [-0.4, -0.2) is 29.1 Å². The molecule has 0 saturated heterocycles. The molecule has 29 heavy (non-hydrogen) atoms. The molecule has 0 fully saturated rings. The van der Waals surface area contributed by atoms with Crippen LogP contribution in [0, 0.1) is 5.92 Å². The van der Waals surface area contributed by atoms with Gasteiger partial charge in [-0.25, -0.2) is 0 Å². The molecule has 1 aromatic rings. The number of benzene rings is 1. The van der Waals surface area contributed by atoms with E-state index in [4.69, 9.17) is 0 Å². The molecular weight excluding hydrogens is 366 g/mol. The first kappa shape index (κ1) is 24.1. The SMILES string of the molecule is C/C=C/C=C/C[C@H](C)CC/C=C/C(=O)CC(=O)NC(C=O)Cc1ccc(O)cc1. The van der Waals surface area contributed by atoms with E-state index < -0.39 is 11.9 Å². The normalized spacial score (nSPS) is 13.7. The van der Waals surface area contributed by atoms with Crippen LogP contribution in [0.3, 0.4) is 0 Å². The molecule has 0 aromatic heterocycles. The number of amides is 1. The van der Waals surface area contributed by atoms with Crippen molar-refractivity contribution in [3.8, 4) is 5.75 Å². The summed E-state index contributed by atoms with van der Waals surface area (Å²) in [6, 6.07) is 5.70. The fraction of sp³-hybridized carbons (Fsp3) is 0.375. The second-order valence-corrected chi connectivity index (χ2v) is 7.10. The molecule has 0 bridgehead atoms. The van der Waals surface area contributed by atoms with E-state index in [2.05, 4.69) is 18.3 Å². The van der Waals surface area contributed by atoms with Crippen LogP contribution in [-0.2, 0) is 20.8 Å². The van der Waals surface area contributed by atoms with Gasteiger partial charge >= 0.3 is 0 Å². The van der Waals surface area contributed by atoms with Crippen molar-refractivity contribution in [3.05, 3.63) is 66.3 Å². The van der Waals surface area contributed by atoms with E-state index in [1.54, 1.807) is 18.2 Å². The quantitative estimate of drug-likeness (QED) is 0.227. The number of carbonyl (C=O) groups excluding carboxylic acids is 3. The lowest BCUT2D eigenvalue weighted by molar-refractivity contribution is -0.128. The Morgan fingerprint density at radius 1 is 1.14 bits per heavy atom. The van der Waals surface area contributed by atoms with Gasteiger partial charge in [0.15, 0.2) is 5.78 Å². The first-order chi connectivity index (χ1) is 13.9. The Hall–Kier alpha value is -2.95. The molecule has 2 atom stereocenters. The summed E-state index contributed by atoms with van der Waals surface area (Å²) < 4.78 is 0. The molecule has 0 aliphatic heterocycles. The van der Waals surface area contributed by atoms with Gasteiger partial charge in [-0.05, 0) is 62.3 Å². The molecule has 0 spiro atoms. The molecule has 156 valence electrons. The fourth-order valence-electron chi connectivity index (χ4n) is 2.71. The van der Waals surface area contributed by atoms with Gasteiger partial charge in [0.1, 0.15) is 12.0 Å². The lowest BCUT2D eigenvalue weighted by atomic mass is 10.0. The topological polar surface area (TPSA) is 83.5 Å². The number of aromatic hydroxyl groups is 1. The summed E-state index contributed by atoms with van der Waals surface area (Å²) in [7, 11) is 0. The minimum atomic E-state index is -0.708. The summed E-state index contributed by atoms with van der Waals surface area (Å²) in [6.07, 6.45) is 14.8. The van der Waals surface area contributed by atoms with Crippen molar-refractivity contribution < 1.29 is 19.5 Å². The van der Waals surface area contributed by atoms with Crippen LogP contribution < -0.4 is 5.32 Å². The Bertz CT molecular complexity index is 732. The van der Waals surface area contributed by atoms with Crippen LogP contribution in [0.1, 0.15) is 45.1 Å². The number of hydrogen-bond acceptors (Lipinski definition) is 4. The molecule has 0 aliphatic rings. The second kappa shape index (κ2) is 14.1. The van der Waals surface area contributed by atoms with Crippen LogP contribution in [0.4, 0.5) is 0 Å². The number of carbonyl (C=O) groups is 3. The first-order valence-corrected chi connectivity index (χ1v) is 9.94. The lowest BCUT2D eigenvalue weighted by Crippen LogP contribution is -2.38. The minimum Gasteiger partial charge on any atom is -0.508 e. The van der Waals surface area contributed by atoms with E-state index in [0.29, 0.717) is 18.6 Å². The highest BCUT2D eigenvalue weighted by molar-refractivity contribution is 6.04. The van der Waals surface area contributed by atoms with Crippen LogP contribution in [0.5, 0.6) is 5.75 Å². The van der Waals surface area contributed by atoms with Gasteiger partial charge < -0.3 is 15.2 Å². The third-order valence-corrected chi connectivity index (χ3v) is 4.35. The predicted molar refractivity (Wildman–Crippen MR) is 116 cm³/mol. The fourth-order valence-corrected chi connectivity index (χ4v) is 2.71. The third kappa shape index (κ3) is 11.5. The molecule has 0 heterocycles. The number of phenolic OH excluding ortho intramolecular Hbond substituents is 1. The largest absolute Gasteiger partial charge is 0.508 e. The van der Waals surface area contributed by atoms with Crippen molar-refractivity contribution in [1.82, 2.24) is 5.32 Å². The first-order valence-electron chi connectivity index (χ1n) is 9.94. The molecule has 5 heteroatoms. The Labute approximate surface area is 173 Å². The highest BCUT2D eigenvalue weighted by Gasteiger charge is 2.14. The maximum absolute atomic E-state index is 12.0. The Morgan fingerprint density at radius 3 is 2.52 bits per heavy atom. The van der Waals surface area contributed by atoms with Crippen molar-refractivity contribution in [2.24, 2.45) is 5.92 Å². The third-order valence-electron chi connectivity index (χ3n) is 4.35. The van der Waals surface area contributed by atoms with Crippen LogP contribution >= 0.6 is 0 Å². The van der Waals surface area contributed by atoms with E-state index in [0.717, 1.165) is 24.8 Å². The van der Waals surface area contributed by atoms with Crippen molar-refractivity contribution in [1.29, 1.82) is 0 Å².